The van der Waals surface area contributed by atoms with Gasteiger partial charge in [-0.1, -0.05) is 27.9 Å². The smallest absolute Gasteiger partial charge is 0.166 e. The molecule has 1 aromatic rings. The average molecular weight is 277 g/mol. The van der Waals surface area contributed by atoms with Gasteiger partial charge in [-0.05, 0) is 24.6 Å². The van der Waals surface area contributed by atoms with Gasteiger partial charge in [-0.3, -0.25) is 0 Å². The van der Waals surface area contributed by atoms with Crippen molar-refractivity contribution in [3.63, 3.8) is 0 Å². The Hall–Kier alpha value is -0.950. The van der Waals surface area contributed by atoms with E-state index >= 15 is 0 Å². The molecule has 0 aromatic heterocycles. The molecule has 0 fully saturated rings. The number of benzene rings is 1. The number of halogens is 4. The summed E-state index contributed by atoms with van der Waals surface area (Å²) in [4.78, 5) is 0. The van der Waals surface area contributed by atoms with Gasteiger partial charge in [-0.25, -0.2) is 0 Å². The summed E-state index contributed by atoms with van der Waals surface area (Å²) in [6.07, 6.45) is 0.800. The predicted molar refractivity (Wildman–Crippen MR) is 56.4 cm³/mol. The van der Waals surface area contributed by atoms with Gasteiger partial charge in [0.1, 0.15) is 0 Å². The van der Waals surface area contributed by atoms with Crippen LogP contribution in [-0.4, -0.2) is 0 Å². The lowest BCUT2D eigenvalue weighted by Gasteiger charge is -2.12. The zero-order valence-corrected chi connectivity index (χ0v) is 9.48. The van der Waals surface area contributed by atoms with Crippen LogP contribution in [0.15, 0.2) is 22.7 Å². The number of hydrogen-bond acceptors (Lipinski definition) is 0. The molecule has 0 spiro atoms. The fraction of sp³-hybridized carbons (Fsp3) is 0.273. The molecule has 0 nitrogen and oxygen atoms in total. The molecule has 1 aromatic carbocycles. The molecule has 0 aliphatic rings. The molecule has 1 atom stereocenters. The van der Waals surface area contributed by atoms with Crippen LogP contribution in [0, 0.1) is 12.3 Å². The van der Waals surface area contributed by atoms with Gasteiger partial charge in [0.25, 0.3) is 0 Å². The molecule has 0 aliphatic heterocycles. The van der Waals surface area contributed by atoms with Crippen LogP contribution < -0.4 is 0 Å². The first-order valence-corrected chi connectivity index (χ1v) is 4.98. The molecule has 0 bridgehead atoms. The van der Waals surface area contributed by atoms with Gasteiger partial charge in [0.05, 0.1) is 5.56 Å². The average Bonchev–Trinajstić information content (AvgIpc) is 2.15. The maximum Gasteiger partial charge on any atom is 0.417 e. The summed E-state index contributed by atoms with van der Waals surface area (Å²) in [5, 5.41) is 0. The van der Waals surface area contributed by atoms with Gasteiger partial charge >= 0.3 is 6.18 Å². The summed E-state index contributed by atoms with van der Waals surface area (Å²) in [6.45, 7) is 1.68. The Morgan fingerprint density at radius 1 is 1.40 bits per heavy atom. The van der Waals surface area contributed by atoms with E-state index in [0.29, 0.717) is 5.56 Å². The topological polar surface area (TPSA) is 0 Å². The highest BCUT2D eigenvalue weighted by atomic mass is 79.9. The lowest BCUT2D eigenvalue weighted by molar-refractivity contribution is -0.138. The van der Waals surface area contributed by atoms with E-state index in [1.807, 2.05) is 0 Å². The second-order valence-electron chi connectivity index (χ2n) is 3.13. The Morgan fingerprint density at radius 3 is 2.47 bits per heavy atom. The Balaban J connectivity index is 3.24. The van der Waals surface area contributed by atoms with Crippen LogP contribution in [0.3, 0.4) is 0 Å². The molecular formula is C11H8BrF3. The number of alkyl halides is 3. The Kier molecular flexibility index (Phi) is 3.46. The van der Waals surface area contributed by atoms with Crippen LogP contribution in [0.5, 0.6) is 0 Å². The van der Waals surface area contributed by atoms with Gasteiger partial charge in [0.15, 0.2) is 0 Å². The van der Waals surface area contributed by atoms with Crippen LogP contribution in [-0.2, 0) is 6.18 Å². The van der Waals surface area contributed by atoms with Gasteiger partial charge in [0, 0.05) is 10.4 Å². The summed E-state index contributed by atoms with van der Waals surface area (Å²) in [7, 11) is 0. The van der Waals surface area contributed by atoms with Crippen molar-refractivity contribution < 1.29 is 13.2 Å². The number of terminal acetylenes is 1. The van der Waals surface area contributed by atoms with Crippen molar-refractivity contribution in [1.29, 1.82) is 0 Å². The second kappa shape index (κ2) is 4.28. The summed E-state index contributed by atoms with van der Waals surface area (Å²) in [6, 6.07) is 4.03. The van der Waals surface area contributed by atoms with Crippen LogP contribution in [0.25, 0.3) is 0 Å². The maximum atomic E-state index is 12.5. The summed E-state index contributed by atoms with van der Waals surface area (Å²) in [5.74, 6) is 2.08. The minimum Gasteiger partial charge on any atom is -0.166 e. The highest BCUT2D eigenvalue weighted by Crippen LogP contribution is 2.36. The zero-order chi connectivity index (χ0) is 11.6. The van der Waals surface area contributed by atoms with Crippen molar-refractivity contribution in [2.24, 2.45) is 0 Å². The molecule has 0 heterocycles. The van der Waals surface area contributed by atoms with Crippen molar-refractivity contribution in [3.05, 3.63) is 33.8 Å². The van der Waals surface area contributed by atoms with Crippen molar-refractivity contribution in [2.45, 2.75) is 19.0 Å². The molecule has 0 saturated heterocycles. The standard InChI is InChI=1S/C11H8BrF3/c1-3-7(2)8-4-5-10(12)9(6-8)11(13,14)15/h1,4-7H,2H3. The highest BCUT2D eigenvalue weighted by Gasteiger charge is 2.33. The molecule has 80 valence electrons. The quantitative estimate of drug-likeness (QED) is 0.675. The fourth-order valence-electron chi connectivity index (χ4n) is 1.13. The molecule has 0 saturated carbocycles. The lowest BCUT2D eigenvalue weighted by Crippen LogP contribution is -2.07. The SMILES string of the molecule is C#CC(C)c1ccc(Br)c(C(F)(F)F)c1. The van der Waals surface area contributed by atoms with E-state index in [1.165, 1.54) is 6.07 Å². The van der Waals surface area contributed by atoms with E-state index in [2.05, 4.69) is 21.9 Å². The second-order valence-corrected chi connectivity index (χ2v) is 3.98. The molecular weight excluding hydrogens is 269 g/mol. The summed E-state index contributed by atoms with van der Waals surface area (Å²) in [5.41, 5.74) is -0.199. The third-order valence-corrected chi connectivity index (χ3v) is 2.74. The molecule has 15 heavy (non-hydrogen) atoms. The van der Waals surface area contributed by atoms with Crippen LogP contribution in [0.1, 0.15) is 24.0 Å². The maximum absolute atomic E-state index is 12.5. The number of hydrogen-bond donors (Lipinski definition) is 0. The molecule has 4 heteroatoms. The van der Waals surface area contributed by atoms with Crippen molar-refractivity contribution in [3.8, 4) is 12.3 Å². The first kappa shape index (κ1) is 12.1. The van der Waals surface area contributed by atoms with Gasteiger partial charge < -0.3 is 0 Å². The van der Waals surface area contributed by atoms with Crippen LogP contribution in [0.2, 0.25) is 0 Å². The van der Waals surface area contributed by atoms with E-state index in [9.17, 15) is 13.2 Å². The fourth-order valence-corrected chi connectivity index (χ4v) is 1.60. The molecule has 0 N–H and O–H groups in total. The van der Waals surface area contributed by atoms with Crippen molar-refractivity contribution >= 4 is 15.9 Å². The van der Waals surface area contributed by atoms with Crippen molar-refractivity contribution in [1.82, 2.24) is 0 Å². The lowest BCUT2D eigenvalue weighted by atomic mass is 10.00. The third kappa shape index (κ3) is 2.75. The van der Waals surface area contributed by atoms with Gasteiger partial charge in [0.2, 0.25) is 0 Å². The normalized spacial score (nSPS) is 13.3. The van der Waals surface area contributed by atoms with E-state index in [0.717, 1.165) is 6.07 Å². The van der Waals surface area contributed by atoms with Crippen molar-refractivity contribution in [2.75, 3.05) is 0 Å². The Labute approximate surface area is 94.6 Å². The Bertz CT molecular complexity index is 401. The van der Waals surface area contributed by atoms with E-state index in [1.54, 1.807) is 13.0 Å². The minimum atomic E-state index is -4.36. The van der Waals surface area contributed by atoms with E-state index in [-0.39, 0.29) is 10.4 Å². The zero-order valence-electron chi connectivity index (χ0n) is 7.90. The molecule has 0 aliphatic carbocycles. The molecule has 1 rings (SSSR count). The number of rotatable bonds is 1. The minimum absolute atomic E-state index is 0.0305. The summed E-state index contributed by atoms with van der Waals surface area (Å²) >= 11 is 2.87. The first-order valence-electron chi connectivity index (χ1n) is 4.19. The van der Waals surface area contributed by atoms with Crippen LogP contribution >= 0.6 is 15.9 Å². The monoisotopic (exact) mass is 276 g/mol. The highest BCUT2D eigenvalue weighted by molar-refractivity contribution is 9.10. The van der Waals surface area contributed by atoms with E-state index < -0.39 is 11.7 Å². The molecule has 1 unspecified atom stereocenters. The predicted octanol–water partition coefficient (Wildman–Crippen LogP) is 4.20. The molecule has 0 radical (unpaired) electrons. The van der Waals surface area contributed by atoms with Crippen LogP contribution in [0.4, 0.5) is 13.2 Å². The van der Waals surface area contributed by atoms with Gasteiger partial charge in [-0.2, -0.15) is 13.2 Å². The molecule has 0 amide bonds. The Morgan fingerprint density at radius 2 is 2.00 bits per heavy atom. The third-order valence-electron chi connectivity index (χ3n) is 2.05. The first-order chi connectivity index (χ1) is 6.86. The van der Waals surface area contributed by atoms with Gasteiger partial charge in [-0.15, -0.1) is 6.42 Å². The summed E-state index contributed by atoms with van der Waals surface area (Å²) < 4.78 is 37.6. The largest absolute Gasteiger partial charge is 0.417 e. The van der Waals surface area contributed by atoms with E-state index in [4.69, 9.17) is 6.42 Å².